The van der Waals surface area contributed by atoms with Crippen LogP contribution in [0.2, 0.25) is 0 Å². The van der Waals surface area contributed by atoms with Gasteiger partial charge in [0.1, 0.15) is 0 Å². The van der Waals surface area contributed by atoms with Gasteiger partial charge in [-0.15, -0.1) is 0 Å². The Kier molecular flexibility index (Phi) is 6.68. The number of para-hydroxylation sites is 1. The molecular formula is C19H24N2O6. The maximum Gasteiger partial charge on any atom is 0.290 e. The van der Waals surface area contributed by atoms with Crippen LogP contribution < -0.4 is 0 Å². The quantitative estimate of drug-likeness (QED) is 0.403. The van der Waals surface area contributed by atoms with E-state index in [2.05, 4.69) is 0 Å². The molecule has 1 amide bonds. The summed E-state index contributed by atoms with van der Waals surface area (Å²) < 4.78 is 5.00. The molecule has 1 atom stereocenters. The highest BCUT2D eigenvalue weighted by Gasteiger charge is 2.45. The lowest BCUT2D eigenvalue weighted by atomic mass is 9.91. The van der Waals surface area contributed by atoms with Gasteiger partial charge in [0.2, 0.25) is 0 Å². The number of nitro benzene ring substituents is 1. The van der Waals surface area contributed by atoms with E-state index in [1.54, 1.807) is 6.07 Å². The number of aliphatic hydroxyl groups is 1. The van der Waals surface area contributed by atoms with Crippen LogP contribution in [0.15, 0.2) is 35.6 Å². The van der Waals surface area contributed by atoms with E-state index in [1.807, 2.05) is 13.8 Å². The molecule has 0 spiro atoms. The van der Waals surface area contributed by atoms with Crippen LogP contribution in [0, 0.1) is 16.0 Å². The number of nitrogens with zero attached hydrogens (tertiary/aromatic N) is 2. The molecule has 8 nitrogen and oxygen atoms in total. The van der Waals surface area contributed by atoms with E-state index >= 15 is 0 Å². The molecule has 0 aliphatic carbocycles. The van der Waals surface area contributed by atoms with Crippen LogP contribution in [0.3, 0.4) is 0 Å². The third-order valence-electron chi connectivity index (χ3n) is 4.37. The van der Waals surface area contributed by atoms with Gasteiger partial charge in [-0.25, -0.2) is 0 Å². The average Bonchev–Trinajstić information content (AvgIpc) is 2.86. The van der Waals surface area contributed by atoms with Crippen molar-refractivity contribution in [2.45, 2.75) is 32.7 Å². The van der Waals surface area contributed by atoms with Gasteiger partial charge in [-0.3, -0.25) is 19.7 Å². The molecule has 1 aliphatic rings. The topological polar surface area (TPSA) is 110 Å². The number of hydrogen-bond donors (Lipinski definition) is 1. The van der Waals surface area contributed by atoms with E-state index in [0.29, 0.717) is 13.0 Å². The first kappa shape index (κ1) is 20.6. The number of carbonyl (C=O) groups excluding carboxylic acids is 2. The largest absolute Gasteiger partial charge is 0.503 e. The van der Waals surface area contributed by atoms with Gasteiger partial charge < -0.3 is 14.7 Å². The zero-order valence-corrected chi connectivity index (χ0v) is 15.7. The summed E-state index contributed by atoms with van der Waals surface area (Å²) in [6.07, 6.45) is 0.605. The van der Waals surface area contributed by atoms with Crippen LogP contribution in [-0.2, 0) is 14.3 Å². The van der Waals surface area contributed by atoms with Gasteiger partial charge in [0.15, 0.2) is 11.5 Å². The van der Waals surface area contributed by atoms with Crippen molar-refractivity contribution in [1.29, 1.82) is 0 Å². The molecule has 1 unspecified atom stereocenters. The van der Waals surface area contributed by atoms with Crippen molar-refractivity contribution < 1.29 is 24.4 Å². The lowest BCUT2D eigenvalue weighted by Crippen LogP contribution is -2.33. The van der Waals surface area contributed by atoms with E-state index in [1.165, 1.54) is 30.2 Å². The summed E-state index contributed by atoms with van der Waals surface area (Å²) in [6, 6.07) is 4.99. The Bertz CT molecular complexity index is 771. The summed E-state index contributed by atoms with van der Waals surface area (Å²) in [5.74, 6) is -1.68. The molecule has 0 radical (unpaired) electrons. The monoisotopic (exact) mass is 376 g/mol. The Labute approximate surface area is 157 Å². The molecule has 1 aliphatic heterocycles. The first-order chi connectivity index (χ1) is 12.8. The molecule has 2 rings (SSSR count). The fraction of sp³-hybridized carbons (Fsp3) is 0.474. The summed E-state index contributed by atoms with van der Waals surface area (Å²) in [5.41, 5.74) is -0.0542. The minimum atomic E-state index is -0.984. The minimum Gasteiger partial charge on any atom is -0.503 e. The molecule has 146 valence electrons. The van der Waals surface area contributed by atoms with Gasteiger partial charge in [-0.05, 0) is 18.4 Å². The Balaban J connectivity index is 2.55. The smallest absolute Gasteiger partial charge is 0.290 e. The van der Waals surface area contributed by atoms with Gasteiger partial charge in [0, 0.05) is 32.7 Å². The number of carbonyl (C=O) groups is 2. The summed E-state index contributed by atoms with van der Waals surface area (Å²) in [4.78, 5) is 37.6. The molecule has 0 fully saturated rings. The molecule has 1 heterocycles. The van der Waals surface area contributed by atoms with Crippen LogP contribution in [0.4, 0.5) is 5.69 Å². The van der Waals surface area contributed by atoms with Gasteiger partial charge in [-0.2, -0.15) is 0 Å². The maximum atomic E-state index is 12.8. The molecule has 1 aromatic rings. The van der Waals surface area contributed by atoms with Gasteiger partial charge in [0.25, 0.3) is 11.6 Å². The fourth-order valence-corrected chi connectivity index (χ4v) is 3.24. The highest BCUT2D eigenvalue weighted by Crippen LogP contribution is 2.41. The molecule has 8 heteroatoms. The number of ether oxygens (including phenoxy) is 1. The third-order valence-corrected chi connectivity index (χ3v) is 4.37. The predicted molar refractivity (Wildman–Crippen MR) is 98.2 cm³/mol. The third kappa shape index (κ3) is 4.33. The normalized spacial score (nSPS) is 17.1. The van der Waals surface area contributed by atoms with E-state index in [9.17, 15) is 24.8 Å². The number of amides is 1. The first-order valence-corrected chi connectivity index (χ1v) is 8.79. The second-order valence-electron chi connectivity index (χ2n) is 6.85. The molecule has 0 aromatic heterocycles. The van der Waals surface area contributed by atoms with Crippen molar-refractivity contribution in [2.24, 2.45) is 5.92 Å². The predicted octanol–water partition coefficient (Wildman–Crippen LogP) is 2.94. The molecule has 0 saturated heterocycles. The number of hydrogen-bond acceptors (Lipinski definition) is 6. The van der Waals surface area contributed by atoms with E-state index in [-0.39, 0.29) is 41.5 Å². The van der Waals surface area contributed by atoms with Crippen molar-refractivity contribution >= 4 is 17.4 Å². The van der Waals surface area contributed by atoms with E-state index in [4.69, 9.17) is 4.74 Å². The van der Waals surface area contributed by atoms with Crippen molar-refractivity contribution in [2.75, 3.05) is 20.3 Å². The highest BCUT2D eigenvalue weighted by atomic mass is 16.6. The Morgan fingerprint density at radius 3 is 2.63 bits per heavy atom. The summed E-state index contributed by atoms with van der Waals surface area (Å²) in [7, 11) is 1.53. The number of rotatable bonds is 9. The van der Waals surface area contributed by atoms with Crippen LogP contribution in [0.5, 0.6) is 0 Å². The van der Waals surface area contributed by atoms with Crippen LogP contribution in [0.1, 0.15) is 38.3 Å². The minimum absolute atomic E-state index is 0.0156. The van der Waals surface area contributed by atoms with E-state index in [0.717, 1.165) is 0 Å². The molecule has 1 aromatic carbocycles. The number of aliphatic hydroxyl groups excluding tert-OH is 1. The van der Waals surface area contributed by atoms with Crippen LogP contribution >= 0.6 is 0 Å². The first-order valence-electron chi connectivity index (χ1n) is 8.79. The Morgan fingerprint density at radius 1 is 1.37 bits per heavy atom. The van der Waals surface area contributed by atoms with Crippen molar-refractivity contribution in [3.05, 3.63) is 51.3 Å². The lowest BCUT2D eigenvalue weighted by Gasteiger charge is -2.26. The fourth-order valence-electron chi connectivity index (χ4n) is 3.24. The standard InChI is InChI=1S/C19H24N2O6/c1-12(2)11-15(22)16-17(13-7-4-5-8-14(13)21(25)26)20(9-6-10-27-3)19(24)18(16)23/h4-5,7-8,12,17,23H,6,9-11H2,1-3H3. The van der Waals surface area contributed by atoms with Gasteiger partial charge >= 0.3 is 0 Å². The van der Waals surface area contributed by atoms with Crippen molar-refractivity contribution in [3.63, 3.8) is 0 Å². The number of ketones is 1. The molecular weight excluding hydrogens is 352 g/mol. The molecule has 0 bridgehead atoms. The van der Waals surface area contributed by atoms with Gasteiger partial charge in [0.05, 0.1) is 22.1 Å². The van der Waals surface area contributed by atoms with Crippen molar-refractivity contribution in [3.8, 4) is 0 Å². The maximum absolute atomic E-state index is 12.8. The van der Waals surface area contributed by atoms with Crippen LogP contribution in [-0.4, -0.2) is 46.9 Å². The number of Topliss-reactive ketones (excluding diaryl/α,β-unsaturated/α-hetero) is 1. The van der Waals surface area contributed by atoms with Crippen molar-refractivity contribution in [1.82, 2.24) is 4.90 Å². The highest BCUT2D eigenvalue weighted by molar-refractivity contribution is 6.09. The SMILES string of the molecule is COCCCN1C(=O)C(O)=C(C(=O)CC(C)C)C1c1ccccc1[N+](=O)[O-]. The van der Waals surface area contributed by atoms with E-state index < -0.39 is 22.6 Å². The average molecular weight is 376 g/mol. The Morgan fingerprint density at radius 2 is 2.04 bits per heavy atom. The number of benzene rings is 1. The second kappa shape index (κ2) is 8.77. The molecule has 0 saturated carbocycles. The summed E-state index contributed by atoms with van der Waals surface area (Å²) in [5, 5.41) is 21.9. The number of nitro groups is 1. The summed E-state index contributed by atoms with van der Waals surface area (Å²) in [6.45, 7) is 4.28. The zero-order valence-electron chi connectivity index (χ0n) is 15.7. The lowest BCUT2D eigenvalue weighted by molar-refractivity contribution is -0.385. The zero-order chi connectivity index (χ0) is 20.1. The summed E-state index contributed by atoms with van der Waals surface area (Å²) >= 11 is 0. The molecule has 27 heavy (non-hydrogen) atoms. The Hall–Kier alpha value is -2.74. The second-order valence-corrected chi connectivity index (χ2v) is 6.85. The van der Waals surface area contributed by atoms with Crippen LogP contribution in [0.25, 0.3) is 0 Å². The van der Waals surface area contributed by atoms with Gasteiger partial charge in [-0.1, -0.05) is 26.0 Å². The molecule has 1 N–H and O–H groups in total. The number of methoxy groups -OCH3 is 1.